The number of hydrogen-bond acceptors (Lipinski definition) is 5. The zero-order valence-electron chi connectivity index (χ0n) is 18.6. The summed E-state index contributed by atoms with van der Waals surface area (Å²) in [5, 5.41) is 2.82. The van der Waals surface area contributed by atoms with Crippen molar-refractivity contribution in [2.24, 2.45) is 0 Å². The van der Waals surface area contributed by atoms with Gasteiger partial charge < -0.3 is 5.32 Å². The number of anilines is 1. The summed E-state index contributed by atoms with van der Waals surface area (Å²) in [6, 6.07) is 11.0. The van der Waals surface area contributed by atoms with Gasteiger partial charge in [-0.2, -0.15) is 0 Å². The molecule has 0 aliphatic carbocycles. The highest BCUT2D eigenvalue weighted by atomic mass is 32.2. The second-order valence-corrected chi connectivity index (χ2v) is 11.7. The zero-order chi connectivity index (χ0) is 23.6. The highest BCUT2D eigenvalue weighted by Gasteiger charge is 2.23. The van der Waals surface area contributed by atoms with Gasteiger partial charge in [-0.3, -0.25) is 9.10 Å². The van der Waals surface area contributed by atoms with Crippen LogP contribution >= 0.6 is 0 Å². The lowest BCUT2D eigenvalue weighted by molar-refractivity contribution is -0.120. The third kappa shape index (κ3) is 6.05. The molecule has 1 N–H and O–H groups in total. The number of aryl methyl sites for hydroxylation is 2. The zero-order valence-corrected chi connectivity index (χ0v) is 20.2. The average molecular weight is 468 g/mol. The summed E-state index contributed by atoms with van der Waals surface area (Å²) in [4.78, 5) is 12.6. The molecular weight excluding hydrogens is 438 g/mol. The molecule has 2 rings (SSSR count). The fourth-order valence-electron chi connectivity index (χ4n) is 2.93. The van der Waals surface area contributed by atoms with Gasteiger partial charge in [0.25, 0.3) is 0 Å². The number of amides is 1. The molecule has 8 nitrogen and oxygen atoms in total. The third-order valence-electron chi connectivity index (χ3n) is 5.00. The van der Waals surface area contributed by atoms with Crippen LogP contribution in [0, 0.1) is 13.8 Å². The Balaban J connectivity index is 2.22. The van der Waals surface area contributed by atoms with E-state index in [0.717, 1.165) is 31.6 Å². The molecular formula is C21H29N3O5S2. The third-order valence-corrected chi connectivity index (χ3v) is 7.97. The van der Waals surface area contributed by atoms with E-state index in [-0.39, 0.29) is 16.6 Å². The van der Waals surface area contributed by atoms with Gasteiger partial charge in [0.1, 0.15) is 6.54 Å². The first-order valence-electron chi connectivity index (χ1n) is 9.60. The first kappa shape index (κ1) is 24.8. The summed E-state index contributed by atoms with van der Waals surface area (Å²) in [5.41, 5.74) is 3.36. The first-order chi connectivity index (χ1) is 14.2. The van der Waals surface area contributed by atoms with Gasteiger partial charge in [-0.1, -0.05) is 18.2 Å². The Morgan fingerprint density at radius 3 is 2.03 bits per heavy atom. The number of carbonyl (C=O) groups is 1. The van der Waals surface area contributed by atoms with E-state index in [1.807, 2.05) is 39.0 Å². The maximum absolute atomic E-state index is 12.6. The van der Waals surface area contributed by atoms with Gasteiger partial charge in [0.15, 0.2) is 0 Å². The van der Waals surface area contributed by atoms with Gasteiger partial charge in [-0.25, -0.2) is 21.1 Å². The Labute approximate surface area is 185 Å². The molecule has 31 heavy (non-hydrogen) atoms. The van der Waals surface area contributed by atoms with Crippen LogP contribution in [0.2, 0.25) is 0 Å². The Hall–Kier alpha value is -2.43. The maximum atomic E-state index is 12.6. The molecule has 0 bridgehead atoms. The predicted octanol–water partition coefficient (Wildman–Crippen LogP) is 2.20. The van der Waals surface area contributed by atoms with Crippen LogP contribution in [0.4, 0.5) is 5.69 Å². The standard InChI is InChI=1S/C21H29N3O5S2/c1-15-7-8-18(13-16(15)2)17(3)22-21(25)14-24(30(6,26)27)19-9-11-20(12-10-19)31(28,29)23(4)5/h7-13,17H,14H2,1-6H3,(H,22,25). The summed E-state index contributed by atoms with van der Waals surface area (Å²) in [6.07, 6.45) is 0.998. The Morgan fingerprint density at radius 2 is 1.55 bits per heavy atom. The van der Waals surface area contributed by atoms with E-state index >= 15 is 0 Å². The lowest BCUT2D eigenvalue weighted by Gasteiger charge is -2.24. The summed E-state index contributed by atoms with van der Waals surface area (Å²) in [6.45, 7) is 5.39. The molecule has 10 heteroatoms. The molecule has 1 atom stereocenters. The van der Waals surface area contributed by atoms with Crippen molar-refractivity contribution in [3.05, 3.63) is 59.2 Å². The molecule has 0 saturated heterocycles. The normalized spacial score (nSPS) is 13.1. The van der Waals surface area contributed by atoms with Crippen molar-refractivity contribution >= 4 is 31.6 Å². The fourth-order valence-corrected chi connectivity index (χ4v) is 4.69. The van der Waals surface area contributed by atoms with Gasteiger partial charge in [-0.15, -0.1) is 0 Å². The summed E-state index contributed by atoms with van der Waals surface area (Å²) >= 11 is 0. The van der Waals surface area contributed by atoms with Crippen LogP contribution in [0.1, 0.15) is 29.7 Å². The highest BCUT2D eigenvalue weighted by molar-refractivity contribution is 7.92. The second-order valence-electron chi connectivity index (χ2n) is 7.68. The van der Waals surface area contributed by atoms with Crippen LogP contribution in [-0.4, -0.2) is 53.9 Å². The molecule has 1 amide bonds. The van der Waals surface area contributed by atoms with E-state index in [1.165, 1.54) is 38.4 Å². The van der Waals surface area contributed by atoms with Crippen LogP contribution in [0.3, 0.4) is 0 Å². The summed E-state index contributed by atoms with van der Waals surface area (Å²) in [5.74, 6) is -0.471. The highest BCUT2D eigenvalue weighted by Crippen LogP contribution is 2.22. The van der Waals surface area contributed by atoms with E-state index in [4.69, 9.17) is 0 Å². The number of nitrogens with zero attached hydrogens (tertiary/aromatic N) is 2. The van der Waals surface area contributed by atoms with Gasteiger partial charge in [-0.05, 0) is 61.7 Å². The Bertz CT molecular complexity index is 1160. The van der Waals surface area contributed by atoms with Crippen LogP contribution in [0.5, 0.6) is 0 Å². The van der Waals surface area contributed by atoms with Crippen molar-refractivity contribution in [2.75, 3.05) is 31.2 Å². The minimum Gasteiger partial charge on any atom is -0.348 e. The van der Waals surface area contributed by atoms with Crippen molar-refractivity contribution in [1.29, 1.82) is 0 Å². The number of nitrogens with one attached hydrogen (secondary N) is 1. The van der Waals surface area contributed by atoms with Crippen molar-refractivity contribution < 1.29 is 21.6 Å². The molecule has 0 fully saturated rings. The molecule has 0 aromatic heterocycles. The van der Waals surface area contributed by atoms with Gasteiger partial charge in [0, 0.05) is 14.1 Å². The van der Waals surface area contributed by atoms with E-state index in [1.54, 1.807) is 0 Å². The van der Waals surface area contributed by atoms with Gasteiger partial charge >= 0.3 is 0 Å². The Kier molecular flexibility index (Phi) is 7.51. The van der Waals surface area contributed by atoms with Crippen molar-refractivity contribution in [3.63, 3.8) is 0 Å². The molecule has 0 aliphatic heterocycles. The van der Waals surface area contributed by atoms with Crippen molar-refractivity contribution in [3.8, 4) is 0 Å². The first-order valence-corrected chi connectivity index (χ1v) is 12.9. The maximum Gasteiger partial charge on any atom is 0.242 e. The molecule has 0 radical (unpaired) electrons. The van der Waals surface area contributed by atoms with E-state index in [2.05, 4.69) is 5.32 Å². The molecule has 0 heterocycles. The number of sulfonamides is 2. The number of carbonyl (C=O) groups excluding carboxylic acids is 1. The largest absolute Gasteiger partial charge is 0.348 e. The second kappa shape index (κ2) is 9.37. The van der Waals surface area contributed by atoms with Crippen LogP contribution in [0.15, 0.2) is 47.4 Å². The number of hydrogen-bond donors (Lipinski definition) is 1. The monoisotopic (exact) mass is 467 g/mol. The minimum absolute atomic E-state index is 0.0301. The fraction of sp³-hybridized carbons (Fsp3) is 0.381. The topological polar surface area (TPSA) is 104 Å². The minimum atomic E-state index is -3.78. The van der Waals surface area contributed by atoms with Gasteiger partial charge in [0.2, 0.25) is 26.0 Å². The quantitative estimate of drug-likeness (QED) is 0.641. The molecule has 1 unspecified atom stereocenters. The molecule has 2 aromatic rings. The molecule has 2 aromatic carbocycles. The molecule has 0 spiro atoms. The van der Waals surface area contributed by atoms with E-state index in [9.17, 15) is 21.6 Å². The SMILES string of the molecule is Cc1ccc(C(C)NC(=O)CN(c2ccc(S(=O)(=O)N(C)C)cc2)S(C)(=O)=O)cc1C. The summed E-state index contributed by atoms with van der Waals surface area (Å²) in [7, 11) is -4.60. The Morgan fingerprint density at radius 1 is 0.968 bits per heavy atom. The summed E-state index contributed by atoms with van der Waals surface area (Å²) < 4.78 is 51.1. The van der Waals surface area contributed by atoms with Crippen LogP contribution < -0.4 is 9.62 Å². The number of rotatable bonds is 8. The molecule has 170 valence electrons. The van der Waals surface area contributed by atoms with Crippen LogP contribution in [0.25, 0.3) is 0 Å². The van der Waals surface area contributed by atoms with Crippen molar-refractivity contribution in [2.45, 2.75) is 31.7 Å². The lowest BCUT2D eigenvalue weighted by Crippen LogP contribution is -2.41. The van der Waals surface area contributed by atoms with E-state index in [0.29, 0.717) is 0 Å². The molecule has 0 aliphatic rings. The van der Waals surface area contributed by atoms with Crippen molar-refractivity contribution in [1.82, 2.24) is 9.62 Å². The molecule has 0 saturated carbocycles. The number of benzene rings is 2. The smallest absolute Gasteiger partial charge is 0.242 e. The van der Waals surface area contributed by atoms with E-state index < -0.39 is 32.5 Å². The lowest BCUT2D eigenvalue weighted by atomic mass is 10.0. The van der Waals surface area contributed by atoms with Gasteiger partial charge in [0.05, 0.1) is 22.9 Å². The predicted molar refractivity (Wildman–Crippen MR) is 122 cm³/mol. The average Bonchev–Trinajstić information content (AvgIpc) is 2.67. The van der Waals surface area contributed by atoms with Crippen LogP contribution in [-0.2, 0) is 24.8 Å².